The second-order valence-corrected chi connectivity index (χ2v) is 5.52. The van der Waals surface area contributed by atoms with Crippen LogP contribution in [0.15, 0.2) is 12.1 Å². The Hall–Kier alpha value is -1.93. The Morgan fingerprint density at radius 2 is 2.24 bits per heavy atom. The Kier molecular flexibility index (Phi) is 4.59. The number of aromatic carboxylic acids is 1. The minimum absolute atomic E-state index is 0.0681. The highest BCUT2D eigenvalue weighted by molar-refractivity contribution is 8.14. The Balaban J connectivity index is 2.22. The molecular weight excluding hydrogens is 320 g/mol. The van der Waals surface area contributed by atoms with Crippen molar-refractivity contribution in [2.45, 2.75) is 6.04 Å². The number of nitrogens with one attached hydrogen (secondary N) is 2. The first-order valence-corrected chi connectivity index (χ1v) is 7.13. The van der Waals surface area contributed by atoms with Gasteiger partial charge in [0.1, 0.15) is 17.4 Å². The fourth-order valence-corrected chi connectivity index (χ4v) is 2.72. The standard InChI is InChI=1S/C12H11ClN2O5S/c1-20-9-3-7(6(13)2-5(9)11(17)18)14-10(16)8-4-21-12(19)15-8/h2-3,8H,4H2,1H3,(H,14,16)(H,15,19)(H,17,18). The second-order valence-electron chi connectivity index (χ2n) is 4.12. The van der Waals surface area contributed by atoms with Crippen LogP contribution in [0.5, 0.6) is 5.75 Å². The summed E-state index contributed by atoms with van der Waals surface area (Å²) in [5.74, 6) is -1.22. The first-order chi connectivity index (χ1) is 9.92. The van der Waals surface area contributed by atoms with Gasteiger partial charge >= 0.3 is 5.97 Å². The molecule has 1 atom stereocenters. The number of halogens is 1. The highest BCUT2D eigenvalue weighted by Crippen LogP contribution is 2.31. The van der Waals surface area contributed by atoms with Gasteiger partial charge in [0.25, 0.3) is 5.24 Å². The summed E-state index contributed by atoms with van der Waals surface area (Å²) >= 11 is 6.97. The van der Waals surface area contributed by atoms with Crippen molar-refractivity contribution in [3.8, 4) is 5.75 Å². The van der Waals surface area contributed by atoms with E-state index in [1.807, 2.05) is 0 Å². The summed E-state index contributed by atoms with van der Waals surface area (Å²) in [6.45, 7) is 0. The summed E-state index contributed by atoms with van der Waals surface area (Å²) in [6, 6.07) is 1.87. The topological polar surface area (TPSA) is 105 Å². The fraction of sp³-hybridized carbons (Fsp3) is 0.250. The molecule has 1 aromatic rings. The molecule has 9 heteroatoms. The van der Waals surface area contributed by atoms with Gasteiger partial charge in [-0.15, -0.1) is 0 Å². The number of amides is 2. The third-order valence-electron chi connectivity index (χ3n) is 2.77. The Morgan fingerprint density at radius 3 is 2.76 bits per heavy atom. The average molecular weight is 331 g/mol. The molecule has 1 saturated heterocycles. The zero-order valence-electron chi connectivity index (χ0n) is 10.8. The molecular formula is C12H11ClN2O5S. The van der Waals surface area contributed by atoms with Crippen molar-refractivity contribution in [3.05, 3.63) is 22.7 Å². The highest BCUT2D eigenvalue weighted by Gasteiger charge is 2.28. The number of carboxylic acids is 1. The minimum Gasteiger partial charge on any atom is -0.496 e. The number of hydrogen-bond acceptors (Lipinski definition) is 5. The lowest BCUT2D eigenvalue weighted by Gasteiger charge is -2.14. The molecule has 0 bridgehead atoms. The lowest BCUT2D eigenvalue weighted by Crippen LogP contribution is -2.38. The second kappa shape index (κ2) is 6.23. The zero-order valence-corrected chi connectivity index (χ0v) is 12.4. The first-order valence-electron chi connectivity index (χ1n) is 5.77. The molecule has 1 aliphatic rings. The van der Waals surface area contributed by atoms with E-state index in [-0.39, 0.29) is 27.3 Å². The van der Waals surface area contributed by atoms with E-state index in [1.165, 1.54) is 19.2 Å². The van der Waals surface area contributed by atoms with E-state index in [9.17, 15) is 14.4 Å². The molecule has 2 rings (SSSR count). The SMILES string of the molecule is COc1cc(NC(=O)C2CSC(=O)N2)c(Cl)cc1C(=O)O. The van der Waals surface area contributed by atoms with Crippen molar-refractivity contribution in [1.82, 2.24) is 5.32 Å². The van der Waals surface area contributed by atoms with Gasteiger partial charge in [0, 0.05) is 11.8 Å². The van der Waals surface area contributed by atoms with Gasteiger partial charge in [-0.1, -0.05) is 23.4 Å². The Labute approximate surface area is 129 Å². The van der Waals surface area contributed by atoms with Gasteiger partial charge in [-0.3, -0.25) is 9.59 Å². The van der Waals surface area contributed by atoms with Crippen LogP contribution in [0.3, 0.4) is 0 Å². The third-order valence-corrected chi connectivity index (χ3v) is 3.96. The lowest BCUT2D eigenvalue weighted by molar-refractivity contribution is -0.117. The minimum atomic E-state index is -1.19. The summed E-state index contributed by atoms with van der Waals surface area (Å²) in [5.41, 5.74) is 0.111. The maximum Gasteiger partial charge on any atom is 0.339 e. The maximum absolute atomic E-state index is 12.0. The molecule has 2 amide bonds. The van der Waals surface area contributed by atoms with Crippen LogP contribution in [0.4, 0.5) is 10.5 Å². The molecule has 1 unspecified atom stereocenters. The number of ether oxygens (including phenoxy) is 1. The van der Waals surface area contributed by atoms with Crippen LogP contribution in [-0.2, 0) is 4.79 Å². The molecule has 0 saturated carbocycles. The van der Waals surface area contributed by atoms with Gasteiger partial charge in [-0.05, 0) is 6.07 Å². The fourth-order valence-electron chi connectivity index (χ4n) is 1.73. The van der Waals surface area contributed by atoms with Gasteiger partial charge < -0.3 is 20.5 Å². The van der Waals surface area contributed by atoms with Crippen LogP contribution in [0.2, 0.25) is 5.02 Å². The quantitative estimate of drug-likeness (QED) is 0.777. The van der Waals surface area contributed by atoms with Gasteiger partial charge in [0.05, 0.1) is 17.8 Å². The van der Waals surface area contributed by atoms with Crippen molar-refractivity contribution < 1.29 is 24.2 Å². The monoisotopic (exact) mass is 330 g/mol. The normalized spacial score (nSPS) is 17.2. The molecule has 0 radical (unpaired) electrons. The van der Waals surface area contributed by atoms with Gasteiger partial charge in [-0.25, -0.2) is 4.79 Å². The molecule has 0 aliphatic carbocycles. The van der Waals surface area contributed by atoms with Crippen LogP contribution in [0.25, 0.3) is 0 Å². The van der Waals surface area contributed by atoms with Gasteiger partial charge in [0.2, 0.25) is 5.91 Å². The van der Waals surface area contributed by atoms with E-state index in [4.69, 9.17) is 21.4 Å². The predicted octanol–water partition coefficient (Wildman–Crippen LogP) is 1.81. The van der Waals surface area contributed by atoms with E-state index < -0.39 is 17.9 Å². The molecule has 0 aromatic heterocycles. The van der Waals surface area contributed by atoms with E-state index in [0.717, 1.165) is 11.8 Å². The van der Waals surface area contributed by atoms with Crippen LogP contribution < -0.4 is 15.4 Å². The van der Waals surface area contributed by atoms with Gasteiger partial charge in [-0.2, -0.15) is 0 Å². The number of carbonyl (C=O) groups excluding carboxylic acids is 2. The van der Waals surface area contributed by atoms with Crippen LogP contribution in [0.1, 0.15) is 10.4 Å². The number of thioether (sulfide) groups is 1. The van der Waals surface area contributed by atoms with Gasteiger partial charge in [0.15, 0.2) is 0 Å². The Bertz CT molecular complexity index is 622. The Morgan fingerprint density at radius 1 is 1.52 bits per heavy atom. The van der Waals surface area contributed by atoms with Crippen molar-refractivity contribution in [2.75, 3.05) is 18.2 Å². The molecule has 112 valence electrons. The number of carbonyl (C=O) groups is 3. The summed E-state index contributed by atoms with van der Waals surface area (Å²) in [4.78, 5) is 34.1. The zero-order chi connectivity index (χ0) is 15.6. The summed E-state index contributed by atoms with van der Waals surface area (Å²) < 4.78 is 4.96. The molecule has 1 aliphatic heterocycles. The van der Waals surface area contributed by atoms with Crippen molar-refractivity contribution in [1.29, 1.82) is 0 Å². The maximum atomic E-state index is 12.0. The van der Waals surface area contributed by atoms with Crippen LogP contribution in [-0.4, -0.2) is 41.1 Å². The van der Waals surface area contributed by atoms with E-state index in [1.54, 1.807) is 0 Å². The molecule has 1 heterocycles. The van der Waals surface area contributed by atoms with E-state index in [2.05, 4.69) is 10.6 Å². The highest BCUT2D eigenvalue weighted by atomic mass is 35.5. The number of benzene rings is 1. The number of anilines is 1. The molecule has 7 nitrogen and oxygen atoms in total. The van der Waals surface area contributed by atoms with Crippen molar-refractivity contribution >= 4 is 46.2 Å². The number of carboxylic acid groups (broad SMARTS) is 1. The number of rotatable bonds is 4. The molecule has 0 spiro atoms. The van der Waals surface area contributed by atoms with E-state index >= 15 is 0 Å². The number of hydrogen-bond donors (Lipinski definition) is 3. The molecule has 1 aromatic carbocycles. The average Bonchev–Trinajstić information content (AvgIpc) is 2.87. The van der Waals surface area contributed by atoms with Crippen LogP contribution in [0, 0.1) is 0 Å². The van der Waals surface area contributed by atoms with Crippen LogP contribution >= 0.6 is 23.4 Å². The van der Waals surface area contributed by atoms with Crippen molar-refractivity contribution in [2.24, 2.45) is 0 Å². The summed E-state index contributed by atoms with van der Waals surface area (Å²) in [7, 11) is 1.31. The smallest absolute Gasteiger partial charge is 0.339 e. The molecule has 21 heavy (non-hydrogen) atoms. The first kappa shape index (κ1) is 15.5. The third kappa shape index (κ3) is 3.40. The summed E-state index contributed by atoms with van der Waals surface area (Å²) in [6.07, 6.45) is 0. The molecule has 1 fully saturated rings. The van der Waals surface area contributed by atoms with Crippen molar-refractivity contribution in [3.63, 3.8) is 0 Å². The summed E-state index contributed by atoms with van der Waals surface area (Å²) in [5, 5.41) is 13.9. The largest absolute Gasteiger partial charge is 0.496 e. The molecule has 3 N–H and O–H groups in total. The number of methoxy groups -OCH3 is 1. The predicted molar refractivity (Wildman–Crippen MR) is 78.4 cm³/mol. The van der Waals surface area contributed by atoms with E-state index in [0.29, 0.717) is 5.75 Å². The lowest BCUT2D eigenvalue weighted by atomic mass is 10.1.